The van der Waals surface area contributed by atoms with Gasteiger partial charge in [0.1, 0.15) is 18.2 Å². The van der Waals surface area contributed by atoms with Gasteiger partial charge in [0, 0.05) is 45.0 Å². The molecule has 29 heavy (non-hydrogen) atoms. The standard InChI is InChI=1S/C19H24F2N6O.HI/c1-3-22-19(23-8-7-15-16(20)5-4-6-17(15)21)26-9-10-27(18(28)13-26)14-11-24-25(2)12-14;/h4-6,11-12H,3,7-10,13H2,1-2H3,(H,22,23);1H. The van der Waals surface area contributed by atoms with E-state index in [1.54, 1.807) is 29.0 Å². The van der Waals surface area contributed by atoms with Crippen LogP contribution in [0.15, 0.2) is 35.6 Å². The number of aliphatic imine (C=N–C) groups is 1. The van der Waals surface area contributed by atoms with Gasteiger partial charge in [-0.15, -0.1) is 24.0 Å². The Morgan fingerprint density at radius 1 is 1.28 bits per heavy atom. The molecule has 158 valence electrons. The number of hydrogen-bond donors (Lipinski definition) is 1. The van der Waals surface area contributed by atoms with Crippen LogP contribution in [-0.4, -0.2) is 59.3 Å². The number of anilines is 1. The van der Waals surface area contributed by atoms with Gasteiger partial charge in [-0.1, -0.05) is 6.07 Å². The maximum absolute atomic E-state index is 13.8. The molecule has 10 heteroatoms. The SMILES string of the molecule is CCNC(=NCCc1c(F)cccc1F)N1CCN(c2cnn(C)c2)C(=O)C1.I. The van der Waals surface area contributed by atoms with Gasteiger partial charge < -0.3 is 15.1 Å². The van der Waals surface area contributed by atoms with Crippen molar-refractivity contribution in [2.45, 2.75) is 13.3 Å². The Labute approximate surface area is 185 Å². The highest BCUT2D eigenvalue weighted by molar-refractivity contribution is 14.0. The van der Waals surface area contributed by atoms with Crippen LogP contribution < -0.4 is 10.2 Å². The van der Waals surface area contributed by atoms with Crippen LogP contribution in [0, 0.1) is 11.6 Å². The number of nitrogens with zero attached hydrogens (tertiary/aromatic N) is 5. The molecule has 0 atom stereocenters. The van der Waals surface area contributed by atoms with E-state index in [2.05, 4.69) is 15.4 Å². The number of amides is 1. The van der Waals surface area contributed by atoms with Gasteiger partial charge in [-0.2, -0.15) is 5.10 Å². The van der Waals surface area contributed by atoms with Gasteiger partial charge in [0.2, 0.25) is 5.91 Å². The summed E-state index contributed by atoms with van der Waals surface area (Å²) in [6.07, 6.45) is 3.61. The number of hydrogen-bond acceptors (Lipinski definition) is 3. The van der Waals surface area contributed by atoms with Crippen molar-refractivity contribution in [3.8, 4) is 0 Å². The van der Waals surface area contributed by atoms with Crippen molar-refractivity contribution in [3.63, 3.8) is 0 Å². The molecule has 1 fully saturated rings. The van der Waals surface area contributed by atoms with Crippen molar-refractivity contribution in [2.24, 2.45) is 12.0 Å². The minimum absolute atomic E-state index is 0. The highest BCUT2D eigenvalue weighted by Gasteiger charge is 2.27. The van der Waals surface area contributed by atoms with Crippen LogP contribution in [0.5, 0.6) is 0 Å². The molecule has 2 aromatic rings. The molecule has 0 unspecified atom stereocenters. The first-order valence-corrected chi connectivity index (χ1v) is 9.24. The van der Waals surface area contributed by atoms with E-state index < -0.39 is 11.6 Å². The molecule has 0 aliphatic carbocycles. The lowest BCUT2D eigenvalue weighted by Gasteiger charge is -2.35. The van der Waals surface area contributed by atoms with Crippen LogP contribution in [0.1, 0.15) is 12.5 Å². The van der Waals surface area contributed by atoms with Gasteiger partial charge in [-0.25, -0.2) is 8.78 Å². The minimum Gasteiger partial charge on any atom is -0.357 e. The van der Waals surface area contributed by atoms with E-state index in [0.717, 1.165) is 5.69 Å². The summed E-state index contributed by atoms with van der Waals surface area (Å²) in [6.45, 7) is 4.06. The first-order valence-electron chi connectivity index (χ1n) is 9.24. The molecular weight excluding hydrogens is 493 g/mol. The van der Waals surface area contributed by atoms with Crippen molar-refractivity contribution in [3.05, 3.63) is 47.8 Å². The lowest BCUT2D eigenvalue weighted by atomic mass is 10.1. The molecule has 1 aromatic carbocycles. The summed E-state index contributed by atoms with van der Waals surface area (Å²) >= 11 is 0. The quantitative estimate of drug-likeness (QED) is 0.375. The predicted octanol–water partition coefficient (Wildman–Crippen LogP) is 2.17. The summed E-state index contributed by atoms with van der Waals surface area (Å²) in [5, 5.41) is 7.25. The largest absolute Gasteiger partial charge is 0.357 e. The predicted molar refractivity (Wildman–Crippen MR) is 119 cm³/mol. The molecule has 3 rings (SSSR count). The molecule has 1 aromatic heterocycles. The normalized spacial score (nSPS) is 14.8. The molecule has 1 saturated heterocycles. The van der Waals surface area contributed by atoms with E-state index in [0.29, 0.717) is 25.6 Å². The topological polar surface area (TPSA) is 65.8 Å². The van der Waals surface area contributed by atoms with E-state index in [1.807, 2.05) is 11.8 Å². The van der Waals surface area contributed by atoms with Gasteiger partial charge in [0.15, 0.2) is 5.96 Å². The van der Waals surface area contributed by atoms with Gasteiger partial charge >= 0.3 is 0 Å². The minimum atomic E-state index is -0.569. The monoisotopic (exact) mass is 518 g/mol. The van der Waals surface area contributed by atoms with Crippen LogP contribution in [0.25, 0.3) is 0 Å². The molecule has 7 nitrogen and oxygen atoms in total. The summed E-state index contributed by atoms with van der Waals surface area (Å²) < 4.78 is 29.2. The van der Waals surface area contributed by atoms with Crippen molar-refractivity contribution >= 4 is 41.5 Å². The third-order valence-electron chi connectivity index (χ3n) is 4.54. The molecule has 2 heterocycles. The Bertz CT molecular complexity index is 852. The summed E-state index contributed by atoms with van der Waals surface area (Å²) in [5.74, 6) is -0.621. The number of aromatic nitrogens is 2. The first-order chi connectivity index (χ1) is 13.5. The second-order valence-corrected chi connectivity index (χ2v) is 6.53. The number of carbonyl (C=O) groups excluding carboxylic acids is 1. The van der Waals surface area contributed by atoms with Crippen molar-refractivity contribution in [1.29, 1.82) is 0 Å². The Hall–Kier alpha value is -2.24. The number of piperazine rings is 1. The van der Waals surface area contributed by atoms with Crippen molar-refractivity contribution in [2.75, 3.05) is 37.6 Å². The van der Waals surface area contributed by atoms with E-state index in [9.17, 15) is 13.6 Å². The number of carbonyl (C=O) groups is 1. The number of aryl methyl sites for hydroxylation is 1. The molecule has 1 amide bonds. The molecule has 1 aliphatic heterocycles. The van der Waals surface area contributed by atoms with Gasteiger partial charge in [-0.3, -0.25) is 14.5 Å². The fraction of sp³-hybridized carbons (Fsp3) is 0.421. The fourth-order valence-corrected chi connectivity index (χ4v) is 3.15. The first kappa shape index (κ1) is 23.0. The van der Waals surface area contributed by atoms with Crippen molar-refractivity contribution in [1.82, 2.24) is 20.0 Å². The maximum Gasteiger partial charge on any atom is 0.246 e. The lowest BCUT2D eigenvalue weighted by molar-refractivity contribution is -0.120. The lowest BCUT2D eigenvalue weighted by Crippen LogP contribution is -2.55. The fourth-order valence-electron chi connectivity index (χ4n) is 3.15. The Morgan fingerprint density at radius 3 is 2.59 bits per heavy atom. The van der Waals surface area contributed by atoms with E-state index in [1.165, 1.54) is 18.2 Å². The third kappa shape index (κ3) is 5.64. The maximum atomic E-state index is 13.8. The molecule has 1 N–H and O–H groups in total. The molecular formula is C19H25F2IN6O. The third-order valence-corrected chi connectivity index (χ3v) is 4.54. The van der Waals surface area contributed by atoms with Crippen LogP contribution in [-0.2, 0) is 18.3 Å². The number of guanidine groups is 1. The Morgan fingerprint density at radius 2 is 2.00 bits per heavy atom. The van der Waals surface area contributed by atoms with E-state index in [4.69, 9.17) is 0 Å². The zero-order valence-electron chi connectivity index (χ0n) is 16.4. The molecule has 0 saturated carbocycles. The van der Waals surface area contributed by atoms with Gasteiger partial charge in [-0.05, 0) is 25.5 Å². The zero-order valence-corrected chi connectivity index (χ0v) is 18.8. The number of benzene rings is 1. The highest BCUT2D eigenvalue weighted by Crippen LogP contribution is 2.16. The van der Waals surface area contributed by atoms with E-state index in [-0.39, 0.29) is 55.0 Å². The summed E-state index contributed by atoms with van der Waals surface area (Å²) in [6, 6.07) is 3.82. The number of rotatable bonds is 5. The molecule has 0 bridgehead atoms. The van der Waals surface area contributed by atoms with Crippen LogP contribution in [0.3, 0.4) is 0 Å². The molecule has 1 aliphatic rings. The Kier molecular flexibility index (Phi) is 8.35. The number of halogens is 3. The summed E-state index contributed by atoms with van der Waals surface area (Å²) in [7, 11) is 1.80. The molecule has 0 spiro atoms. The van der Waals surface area contributed by atoms with E-state index >= 15 is 0 Å². The zero-order chi connectivity index (χ0) is 20.1. The highest BCUT2D eigenvalue weighted by atomic mass is 127. The molecule has 0 radical (unpaired) electrons. The summed E-state index contributed by atoms with van der Waals surface area (Å²) in [4.78, 5) is 20.6. The average molecular weight is 518 g/mol. The smallest absolute Gasteiger partial charge is 0.246 e. The van der Waals surface area contributed by atoms with Crippen LogP contribution in [0.2, 0.25) is 0 Å². The van der Waals surface area contributed by atoms with Gasteiger partial charge in [0.25, 0.3) is 0 Å². The second kappa shape index (κ2) is 10.5. The van der Waals surface area contributed by atoms with Gasteiger partial charge in [0.05, 0.1) is 11.9 Å². The summed E-state index contributed by atoms with van der Waals surface area (Å²) in [5.41, 5.74) is 0.795. The van der Waals surface area contributed by atoms with Crippen LogP contribution >= 0.6 is 24.0 Å². The Balaban J connectivity index is 0.00000300. The van der Waals surface area contributed by atoms with Crippen LogP contribution in [0.4, 0.5) is 14.5 Å². The second-order valence-electron chi connectivity index (χ2n) is 6.53. The average Bonchev–Trinajstić information content (AvgIpc) is 3.09. The van der Waals surface area contributed by atoms with Crippen molar-refractivity contribution < 1.29 is 13.6 Å². The number of nitrogens with one attached hydrogen (secondary N) is 1.